The van der Waals surface area contributed by atoms with E-state index in [2.05, 4.69) is 10.6 Å². The van der Waals surface area contributed by atoms with Gasteiger partial charge in [0.05, 0.1) is 0 Å². The molecule has 0 saturated carbocycles. The summed E-state index contributed by atoms with van der Waals surface area (Å²) < 4.78 is 5.38. The molecular weight excluding hydrogens is 434 g/mol. The van der Waals surface area contributed by atoms with Gasteiger partial charge in [0, 0.05) is 12.6 Å². The van der Waals surface area contributed by atoms with E-state index in [-0.39, 0.29) is 29.5 Å². The van der Waals surface area contributed by atoms with Gasteiger partial charge < -0.3 is 25.4 Å². The minimum Gasteiger partial charge on any atom is -0.508 e. The van der Waals surface area contributed by atoms with E-state index in [4.69, 9.17) is 4.74 Å². The van der Waals surface area contributed by atoms with Gasteiger partial charge in [-0.25, -0.2) is 4.79 Å². The molecule has 2 atom stereocenters. The highest BCUT2D eigenvalue weighted by Gasteiger charge is 2.37. The lowest BCUT2D eigenvalue weighted by molar-refractivity contribution is -0.144. The molecule has 0 heterocycles. The zero-order valence-electron chi connectivity index (χ0n) is 22.0. The topological polar surface area (TPSA) is 108 Å². The Morgan fingerprint density at radius 1 is 1.06 bits per heavy atom. The van der Waals surface area contributed by atoms with Crippen LogP contribution in [0.5, 0.6) is 5.75 Å². The summed E-state index contributed by atoms with van der Waals surface area (Å²) in [4.78, 5) is 41.2. The molecule has 0 aliphatic heterocycles. The van der Waals surface area contributed by atoms with E-state index >= 15 is 0 Å². The Labute approximate surface area is 204 Å². The van der Waals surface area contributed by atoms with Crippen molar-refractivity contribution in [3.8, 4) is 5.75 Å². The molecule has 8 nitrogen and oxygen atoms in total. The third kappa shape index (κ3) is 9.61. The number of amides is 3. The average molecular weight is 478 g/mol. The quantitative estimate of drug-likeness (QED) is 0.406. The molecular formula is C26H43N3O5. The fourth-order valence-electron chi connectivity index (χ4n) is 3.58. The largest absolute Gasteiger partial charge is 0.508 e. The molecule has 3 amide bonds. The number of rotatable bonds is 11. The van der Waals surface area contributed by atoms with Crippen LogP contribution in [-0.4, -0.2) is 52.1 Å². The van der Waals surface area contributed by atoms with E-state index in [0.29, 0.717) is 18.5 Å². The third-order valence-electron chi connectivity index (χ3n) is 5.07. The van der Waals surface area contributed by atoms with Gasteiger partial charge in [-0.3, -0.25) is 9.59 Å². The molecule has 0 aromatic heterocycles. The summed E-state index contributed by atoms with van der Waals surface area (Å²) in [5, 5.41) is 15.4. The summed E-state index contributed by atoms with van der Waals surface area (Å²) in [5.74, 6) is -0.482. The van der Waals surface area contributed by atoms with Gasteiger partial charge in [-0.05, 0) is 71.1 Å². The van der Waals surface area contributed by atoms with Crippen molar-refractivity contribution in [3.63, 3.8) is 0 Å². The van der Waals surface area contributed by atoms with Crippen LogP contribution < -0.4 is 10.6 Å². The Balaban J connectivity index is 3.38. The minimum atomic E-state index is -0.917. The lowest BCUT2D eigenvalue weighted by Gasteiger charge is -2.37. The maximum Gasteiger partial charge on any atom is 0.408 e. The molecule has 0 spiro atoms. The number of carbonyl (C=O) groups is 3. The van der Waals surface area contributed by atoms with Crippen LogP contribution in [0.2, 0.25) is 0 Å². The van der Waals surface area contributed by atoms with Crippen molar-refractivity contribution in [1.82, 2.24) is 15.5 Å². The highest BCUT2D eigenvalue weighted by molar-refractivity contribution is 5.92. The zero-order chi connectivity index (χ0) is 26.1. The van der Waals surface area contributed by atoms with Gasteiger partial charge in [-0.2, -0.15) is 0 Å². The monoisotopic (exact) mass is 477 g/mol. The van der Waals surface area contributed by atoms with Gasteiger partial charge in [-0.15, -0.1) is 0 Å². The number of carbonyl (C=O) groups excluding carboxylic acids is 3. The standard InChI is InChI=1S/C26H43N3O5/c1-9-10-15-27-23(31)22(19-11-13-20(30)14-12-19)29(18(4)5)24(32)21(16-17(2)3)28-25(33)34-26(6,7)8/h11-14,17-18,21-22,30H,9-10,15-16H2,1-8H3,(H,27,31)(H,28,33). The highest BCUT2D eigenvalue weighted by atomic mass is 16.6. The van der Waals surface area contributed by atoms with Crippen LogP contribution in [0.15, 0.2) is 24.3 Å². The fraction of sp³-hybridized carbons (Fsp3) is 0.654. The van der Waals surface area contributed by atoms with Gasteiger partial charge in [0.25, 0.3) is 0 Å². The predicted molar refractivity (Wildman–Crippen MR) is 133 cm³/mol. The SMILES string of the molecule is CCCCNC(=O)C(c1ccc(O)cc1)N(C(=O)C(CC(C)C)NC(=O)OC(C)(C)C)C(C)C. The number of hydrogen-bond donors (Lipinski definition) is 3. The summed E-state index contributed by atoms with van der Waals surface area (Å²) >= 11 is 0. The Morgan fingerprint density at radius 3 is 2.12 bits per heavy atom. The zero-order valence-corrected chi connectivity index (χ0v) is 22.0. The van der Waals surface area contributed by atoms with Gasteiger partial charge >= 0.3 is 6.09 Å². The number of benzene rings is 1. The fourth-order valence-corrected chi connectivity index (χ4v) is 3.58. The maximum absolute atomic E-state index is 13.9. The average Bonchev–Trinajstić information content (AvgIpc) is 2.70. The molecule has 1 rings (SSSR count). The van der Waals surface area contributed by atoms with Crippen LogP contribution in [0.3, 0.4) is 0 Å². The van der Waals surface area contributed by atoms with E-state index in [0.717, 1.165) is 12.8 Å². The van der Waals surface area contributed by atoms with Crippen molar-refractivity contribution in [2.75, 3.05) is 6.54 Å². The lowest BCUT2D eigenvalue weighted by Crippen LogP contribution is -2.55. The van der Waals surface area contributed by atoms with Crippen molar-refractivity contribution < 1.29 is 24.2 Å². The lowest BCUT2D eigenvalue weighted by atomic mass is 9.98. The van der Waals surface area contributed by atoms with Crippen molar-refractivity contribution in [1.29, 1.82) is 0 Å². The first-order chi connectivity index (χ1) is 15.8. The van der Waals surface area contributed by atoms with Gasteiger partial charge in [0.15, 0.2) is 0 Å². The molecule has 192 valence electrons. The Bertz CT molecular complexity index is 800. The number of ether oxygens (including phenoxy) is 1. The number of phenols is 1. The number of hydrogen-bond acceptors (Lipinski definition) is 5. The van der Waals surface area contributed by atoms with Crippen LogP contribution >= 0.6 is 0 Å². The molecule has 1 aromatic carbocycles. The first-order valence-electron chi connectivity index (χ1n) is 12.1. The minimum absolute atomic E-state index is 0.0700. The maximum atomic E-state index is 13.9. The molecule has 8 heteroatoms. The highest BCUT2D eigenvalue weighted by Crippen LogP contribution is 2.27. The summed E-state index contributed by atoms with van der Waals surface area (Å²) in [6.45, 7) is 15.4. The molecule has 34 heavy (non-hydrogen) atoms. The van der Waals surface area contributed by atoms with Gasteiger partial charge in [0.1, 0.15) is 23.4 Å². The van der Waals surface area contributed by atoms with Crippen LogP contribution in [0.25, 0.3) is 0 Å². The number of nitrogens with one attached hydrogen (secondary N) is 2. The molecule has 1 aromatic rings. The Hall–Kier alpha value is -2.77. The second kappa shape index (κ2) is 13.2. The third-order valence-corrected chi connectivity index (χ3v) is 5.07. The van der Waals surface area contributed by atoms with Gasteiger partial charge in [0.2, 0.25) is 11.8 Å². The first-order valence-corrected chi connectivity index (χ1v) is 12.1. The smallest absolute Gasteiger partial charge is 0.408 e. The van der Waals surface area contributed by atoms with Crippen molar-refractivity contribution >= 4 is 17.9 Å². The number of aromatic hydroxyl groups is 1. The number of alkyl carbamates (subject to hydrolysis) is 1. The first kappa shape index (κ1) is 29.3. The molecule has 0 aliphatic rings. The second-order valence-corrected chi connectivity index (χ2v) is 10.3. The normalized spacial score (nSPS) is 13.4. The summed E-state index contributed by atoms with van der Waals surface area (Å²) in [6, 6.07) is 4.16. The molecule has 0 radical (unpaired) electrons. The molecule has 0 saturated heterocycles. The Morgan fingerprint density at radius 2 is 1.65 bits per heavy atom. The molecule has 0 bridgehead atoms. The van der Waals surface area contributed by atoms with E-state index in [9.17, 15) is 19.5 Å². The van der Waals surface area contributed by atoms with Crippen LogP contribution in [0, 0.1) is 5.92 Å². The summed E-state index contributed by atoms with van der Waals surface area (Å²) in [6.07, 6.45) is 1.46. The molecule has 0 aliphatic carbocycles. The number of phenolic OH excluding ortho intramolecular Hbond substituents is 1. The van der Waals surface area contributed by atoms with Crippen LogP contribution in [0.4, 0.5) is 4.79 Å². The number of unbranched alkanes of at least 4 members (excludes halogenated alkanes) is 1. The van der Waals surface area contributed by atoms with E-state index < -0.39 is 23.8 Å². The second-order valence-electron chi connectivity index (χ2n) is 10.3. The summed E-state index contributed by atoms with van der Waals surface area (Å²) in [5.41, 5.74) is -0.129. The molecule has 0 fully saturated rings. The van der Waals surface area contributed by atoms with E-state index in [1.165, 1.54) is 17.0 Å². The number of nitrogens with zero attached hydrogens (tertiary/aromatic N) is 1. The van der Waals surface area contributed by atoms with Crippen LogP contribution in [-0.2, 0) is 14.3 Å². The Kier molecular flexibility index (Phi) is 11.4. The molecule has 3 N–H and O–H groups in total. The van der Waals surface area contributed by atoms with Crippen molar-refractivity contribution in [2.45, 2.75) is 98.4 Å². The molecule has 2 unspecified atom stereocenters. The van der Waals surface area contributed by atoms with Crippen molar-refractivity contribution in [2.24, 2.45) is 5.92 Å². The van der Waals surface area contributed by atoms with E-state index in [1.54, 1.807) is 32.9 Å². The van der Waals surface area contributed by atoms with E-state index in [1.807, 2.05) is 34.6 Å². The summed E-state index contributed by atoms with van der Waals surface area (Å²) in [7, 11) is 0. The van der Waals surface area contributed by atoms with Crippen LogP contribution in [0.1, 0.15) is 86.3 Å². The van der Waals surface area contributed by atoms with Crippen molar-refractivity contribution in [3.05, 3.63) is 29.8 Å². The van der Waals surface area contributed by atoms with Gasteiger partial charge in [-0.1, -0.05) is 39.3 Å². The predicted octanol–water partition coefficient (Wildman–Crippen LogP) is 4.53.